The molecule has 0 aromatic heterocycles. The zero-order valence-corrected chi connectivity index (χ0v) is 16.5. The predicted molar refractivity (Wildman–Crippen MR) is 102 cm³/mol. The molecule has 0 spiro atoms. The van der Waals surface area contributed by atoms with Crippen molar-refractivity contribution in [3.8, 4) is 0 Å². The van der Waals surface area contributed by atoms with Gasteiger partial charge in [0.15, 0.2) is 0 Å². The minimum Gasteiger partial charge on any atom is -0.466 e. The van der Waals surface area contributed by atoms with E-state index in [1.54, 1.807) is 0 Å². The van der Waals surface area contributed by atoms with Crippen molar-refractivity contribution >= 4 is 5.97 Å². The van der Waals surface area contributed by atoms with Crippen LogP contribution < -0.4 is 0 Å². The molecule has 0 radical (unpaired) electrons. The van der Waals surface area contributed by atoms with Gasteiger partial charge in [-0.05, 0) is 12.8 Å². The summed E-state index contributed by atoms with van der Waals surface area (Å²) < 4.78 is 5.06. The van der Waals surface area contributed by atoms with Crippen LogP contribution in [0.25, 0.3) is 0 Å². The van der Waals surface area contributed by atoms with Crippen molar-refractivity contribution in [1.82, 2.24) is 0 Å². The number of carbonyl (C=O) groups excluding carboxylic acids is 1. The van der Waals surface area contributed by atoms with Gasteiger partial charge in [0.1, 0.15) is 0 Å². The first kappa shape index (κ1) is 23.9. The predicted octanol–water partition coefficient (Wildman–Crippen LogP) is 6.07. The maximum Gasteiger partial charge on any atom is 0.306 e. The molecular weight excluding hydrogens is 318 g/mol. The summed E-state index contributed by atoms with van der Waals surface area (Å²) in [7, 11) is 0. The Bertz CT molecular complexity index is 334. The molecule has 0 heterocycles. The van der Waals surface area contributed by atoms with E-state index in [0.717, 1.165) is 32.1 Å². The molecule has 0 aromatic rings. The maximum atomic E-state index is 11.5. The van der Waals surface area contributed by atoms with Gasteiger partial charge in [-0.25, -0.2) is 0 Å². The number of hydrogen-bond donors (Lipinski definition) is 0. The number of esters is 1. The van der Waals surface area contributed by atoms with Gasteiger partial charge < -0.3 is 4.74 Å². The zero-order chi connectivity index (χ0) is 18.8. The lowest BCUT2D eigenvalue weighted by molar-refractivity contribution is -0.524. The van der Waals surface area contributed by atoms with E-state index in [-0.39, 0.29) is 17.3 Å². The highest BCUT2D eigenvalue weighted by Crippen LogP contribution is 2.15. The van der Waals surface area contributed by atoms with E-state index in [2.05, 4.69) is 6.92 Å². The van der Waals surface area contributed by atoms with Crippen LogP contribution in [0.4, 0.5) is 0 Å². The number of carbonyl (C=O) groups is 1. The monoisotopic (exact) mass is 357 g/mol. The Morgan fingerprint density at radius 1 is 0.840 bits per heavy atom. The van der Waals surface area contributed by atoms with Crippen molar-refractivity contribution < 1.29 is 14.5 Å². The first-order valence-electron chi connectivity index (χ1n) is 10.4. The van der Waals surface area contributed by atoms with E-state index >= 15 is 0 Å². The highest BCUT2D eigenvalue weighted by molar-refractivity contribution is 5.69. The molecule has 0 aliphatic heterocycles. The standard InChI is InChI=1S/C20H39NO4/c1-3-5-7-8-9-10-11-12-13-14-15-19(21(23)24)16-17-20(22)25-18-6-4-2/h19H,3-18H2,1-2H3. The van der Waals surface area contributed by atoms with Crippen LogP contribution in [0.3, 0.4) is 0 Å². The van der Waals surface area contributed by atoms with Gasteiger partial charge >= 0.3 is 5.97 Å². The maximum absolute atomic E-state index is 11.5. The minimum atomic E-state index is -0.604. The average Bonchev–Trinajstić information content (AvgIpc) is 2.59. The third-order valence-electron chi connectivity index (χ3n) is 4.63. The first-order valence-corrected chi connectivity index (χ1v) is 10.4. The molecule has 0 rings (SSSR count). The van der Waals surface area contributed by atoms with Crippen LogP contribution in [0.5, 0.6) is 0 Å². The number of nitrogens with zero attached hydrogens (tertiary/aromatic N) is 1. The molecule has 0 aliphatic carbocycles. The fraction of sp³-hybridized carbons (Fsp3) is 0.950. The van der Waals surface area contributed by atoms with E-state index in [4.69, 9.17) is 4.74 Å². The second-order valence-electron chi connectivity index (χ2n) is 7.02. The molecule has 5 nitrogen and oxygen atoms in total. The number of nitro groups is 1. The van der Waals surface area contributed by atoms with Crippen molar-refractivity contribution in [2.75, 3.05) is 6.61 Å². The summed E-state index contributed by atoms with van der Waals surface area (Å²) in [6, 6.07) is -0.604. The van der Waals surface area contributed by atoms with Crippen LogP contribution in [-0.2, 0) is 9.53 Å². The topological polar surface area (TPSA) is 69.4 Å². The van der Waals surface area contributed by atoms with Crippen LogP contribution in [0.15, 0.2) is 0 Å². The fourth-order valence-electron chi connectivity index (χ4n) is 2.91. The van der Waals surface area contributed by atoms with Crippen molar-refractivity contribution in [3.63, 3.8) is 0 Å². The molecule has 0 fully saturated rings. The Morgan fingerprint density at radius 2 is 1.36 bits per heavy atom. The van der Waals surface area contributed by atoms with Gasteiger partial charge in [-0.2, -0.15) is 0 Å². The molecule has 0 amide bonds. The van der Waals surface area contributed by atoms with Gasteiger partial charge in [-0.15, -0.1) is 0 Å². The van der Waals surface area contributed by atoms with Crippen LogP contribution in [0.2, 0.25) is 0 Å². The zero-order valence-electron chi connectivity index (χ0n) is 16.5. The molecule has 1 atom stereocenters. The van der Waals surface area contributed by atoms with Gasteiger partial charge in [0.05, 0.1) is 13.0 Å². The number of hydrogen-bond acceptors (Lipinski definition) is 4. The molecule has 5 heteroatoms. The Morgan fingerprint density at radius 3 is 1.88 bits per heavy atom. The molecule has 0 N–H and O–H groups in total. The summed E-state index contributed by atoms with van der Waals surface area (Å²) in [6.07, 6.45) is 15.1. The van der Waals surface area contributed by atoms with Gasteiger partial charge in [0.25, 0.3) is 0 Å². The average molecular weight is 358 g/mol. The van der Waals surface area contributed by atoms with Crippen molar-refractivity contribution in [3.05, 3.63) is 10.1 Å². The van der Waals surface area contributed by atoms with E-state index in [9.17, 15) is 14.9 Å². The second kappa shape index (κ2) is 17.7. The van der Waals surface area contributed by atoms with E-state index in [0.29, 0.717) is 19.4 Å². The highest BCUT2D eigenvalue weighted by atomic mass is 16.6. The summed E-state index contributed by atoms with van der Waals surface area (Å²) in [5.41, 5.74) is 0. The lowest BCUT2D eigenvalue weighted by Gasteiger charge is -2.09. The largest absolute Gasteiger partial charge is 0.466 e. The Balaban J connectivity index is 3.63. The summed E-state index contributed by atoms with van der Waals surface area (Å²) in [5, 5.41) is 11.1. The molecule has 0 saturated carbocycles. The summed E-state index contributed by atoms with van der Waals surface area (Å²) in [5.74, 6) is -0.302. The number of ether oxygens (including phenoxy) is 1. The van der Waals surface area contributed by atoms with Crippen LogP contribution >= 0.6 is 0 Å². The fourth-order valence-corrected chi connectivity index (χ4v) is 2.91. The number of unbranched alkanes of at least 4 members (excludes halogenated alkanes) is 10. The number of rotatable bonds is 18. The SMILES string of the molecule is CCCCCCCCCCCCC(CCC(=O)OCCCC)[N+](=O)[O-]. The summed E-state index contributed by atoms with van der Waals surface area (Å²) in [4.78, 5) is 22.4. The van der Waals surface area contributed by atoms with Crippen LogP contribution in [-0.4, -0.2) is 23.5 Å². The minimum absolute atomic E-state index is 0.160. The van der Waals surface area contributed by atoms with Gasteiger partial charge in [-0.1, -0.05) is 78.1 Å². The molecule has 148 valence electrons. The molecule has 0 bridgehead atoms. The second-order valence-corrected chi connectivity index (χ2v) is 7.02. The molecule has 1 unspecified atom stereocenters. The quantitative estimate of drug-likeness (QED) is 0.129. The molecule has 25 heavy (non-hydrogen) atoms. The molecule has 0 saturated heterocycles. The van der Waals surface area contributed by atoms with E-state index in [1.165, 1.54) is 44.9 Å². The lowest BCUT2D eigenvalue weighted by atomic mass is 10.0. The van der Waals surface area contributed by atoms with Crippen LogP contribution in [0, 0.1) is 10.1 Å². The summed E-state index contributed by atoms with van der Waals surface area (Å²) >= 11 is 0. The third-order valence-corrected chi connectivity index (χ3v) is 4.63. The van der Waals surface area contributed by atoms with Crippen molar-refractivity contribution in [2.45, 2.75) is 116 Å². The van der Waals surface area contributed by atoms with Gasteiger partial charge in [0, 0.05) is 17.8 Å². The molecule has 0 aromatic carbocycles. The van der Waals surface area contributed by atoms with Gasteiger partial charge in [0.2, 0.25) is 6.04 Å². The lowest BCUT2D eigenvalue weighted by Crippen LogP contribution is -2.21. The molecular formula is C20H39NO4. The Kier molecular flexibility index (Phi) is 16.9. The van der Waals surface area contributed by atoms with E-state index < -0.39 is 6.04 Å². The van der Waals surface area contributed by atoms with E-state index in [1.807, 2.05) is 6.92 Å². The van der Waals surface area contributed by atoms with Gasteiger partial charge in [-0.3, -0.25) is 14.9 Å². The Hall–Kier alpha value is -1.13. The van der Waals surface area contributed by atoms with Crippen molar-refractivity contribution in [2.24, 2.45) is 0 Å². The first-order chi connectivity index (χ1) is 12.1. The normalized spacial score (nSPS) is 12.1. The molecule has 0 aliphatic rings. The van der Waals surface area contributed by atoms with Crippen molar-refractivity contribution in [1.29, 1.82) is 0 Å². The summed E-state index contributed by atoms with van der Waals surface area (Å²) in [6.45, 7) is 4.69. The highest BCUT2D eigenvalue weighted by Gasteiger charge is 2.21. The third kappa shape index (κ3) is 16.1. The Labute approximate surface area is 154 Å². The smallest absolute Gasteiger partial charge is 0.306 e. The van der Waals surface area contributed by atoms with Crippen LogP contribution in [0.1, 0.15) is 110 Å².